The minimum absolute atomic E-state index is 0.00504. The summed E-state index contributed by atoms with van der Waals surface area (Å²) >= 11 is 5.90. The number of ether oxygens (including phenoxy) is 1. The standard InChI is InChI=1S/C14H16ClFN4O/c1-4-20(11-8-6-5-7-10(11)16)13-17-12(15)18-14(19-13)21-9(2)3/h5-9H,4H2,1-3H3. The second kappa shape index (κ2) is 6.67. The van der Waals surface area contributed by atoms with Gasteiger partial charge in [-0.25, -0.2) is 4.39 Å². The maximum Gasteiger partial charge on any atom is 0.322 e. The van der Waals surface area contributed by atoms with E-state index in [0.717, 1.165) is 0 Å². The van der Waals surface area contributed by atoms with Crippen LogP contribution in [-0.2, 0) is 0 Å². The first-order chi connectivity index (χ1) is 10.0. The number of anilines is 2. The molecule has 0 saturated heterocycles. The van der Waals surface area contributed by atoms with Crippen LogP contribution in [0.25, 0.3) is 0 Å². The molecule has 21 heavy (non-hydrogen) atoms. The molecule has 0 amide bonds. The van der Waals surface area contributed by atoms with E-state index in [1.807, 2.05) is 20.8 Å². The lowest BCUT2D eigenvalue weighted by Crippen LogP contribution is -2.21. The topological polar surface area (TPSA) is 51.1 Å². The molecule has 0 radical (unpaired) electrons. The van der Waals surface area contributed by atoms with Crippen molar-refractivity contribution in [3.63, 3.8) is 0 Å². The predicted octanol–water partition coefficient (Wildman–Crippen LogP) is 3.61. The van der Waals surface area contributed by atoms with Gasteiger partial charge in [-0.15, -0.1) is 0 Å². The van der Waals surface area contributed by atoms with Gasteiger partial charge in [0.25, 0.3) is 0 Å². The third kappa shape index (κ3) is 3.78. The minimum atomic E-state index is -0.359. The summed E-state index contributed by atoms with van der Waals surface area (Å²) in [6.07, 6.45) is -0.0974. The molecule has 0 atom stereocenters. The molecule has 0 unspecified atom stereocenters. The summed E-state index contributed by atoms with van der Waals surface area (Å²) in [7, 11) is 0. The average molecular weight is 311 g/mol. The van der Waals surface area contributed by atoms with E-state index < -0.39 is 0 Å². The Morgan fingerprint density at radius 2 is 1.95 bits per heavy atom. The fourth-order valence-corrected chi connectivity index (χ4v) is 1.94. The molecule has 2 rings (SSSR count). The highest BCUT2D eigenvalue weighted by Gasteiger charge is 2.17. The van der Waals surface area contributed by atoms with Gasteiger partial charge in [-0.3, -0.25) is 0 Å². The van der Waals surface area contributed by atoms with Crippen molar-refractivity contribution in [1.29, 1.82) is 0 Å². The average Bonchev–Trinajstić information content (AvgIpc) is 2.40. The number of aromatic nitrogens is 3. The monoisotopic (exact) mass is 310 g/mol. The second-order valence-corrected chi connectivity index (χ2v) is 4.89. The Labute approximate surface area is 127 Å². The molecule has 1 aromatic carbocycles. The predicted molar refractivity (Wildman–Crippen MR) is 79.7 cm³/mol. The SMILES string of the molecule is CCN(c1nc(Cl)nc(OC(C)C)n1)c1ccccc1F. The van der Waals surface area contributed by atoms with Gasteiger partial charge in [0.1, 0.15) is 5.82 Å². The van der Waals surface area contributed by atoms with Gasteiger partial charge in [0.05, 0.1) is 11.8 Å². The Hall–Kier alpha value is -1.95. The van der Waals surface area contributed by atoms with Gasteiger partial charge in [0.15, 0.2) is 0 Å². The maximum atomic E-state index is 13.9. The van der Waals surface area contributed by atoms with Crippen molar-refractivity contribution in [2.75, 3.05) is 11.4 Å². The molecule has 1 heterocycles. The molecule has 0 spiro atoms. The van der Waals surface area contributed by atoms with Crippen LogP contribution >= 0.6 is 11.6 Å². The molecule has 0 aliphatic carbocycles. The first kappa shape index (κ1) is 15.4. The van der Waals surface area contributed by atoms with Gasteiger partial charge in [0.2, 0.25) is 11.2 Å². The van der Waals surface area contributed by atoms with E-state index in [1.165, 1.54) is 6.07 Å². The van der Waals surface area contributed by atoms with E-state index >= 15 is 0 Å². The van der Waals surface area contributed by atoms with Crippen molar-refractivity contribution in [3.8, 4) is 6.01 Å². The van der Waals surface area contributed by atoms with E-state index in [0.29, 0.717) is 12.2 Å². The van der Waals surface area contributed by atoms with Crippen LogP contribution in [0.15, 0.2) is 24.3 Å². The van der Waals surface area contributed by atoms with Crippen molar-refractivity contribution in [3.05, 3.63) is 35.4 Å². The molecule has 5 nitrogen and oxygen atoms in total. The van der Waals surface area contributed by atoms with E-state index in [2.05, 4.69) is 15.0 Å². The normalized spacial score (nSPS) is 10.8. The highest BCUT2D eigenvalue weighted by Crippen LogP contribution is 2.26. The number of rotatable bonds is 5. The van der Waals surface area contributed by atoms with Crippen molar-refractivity contribution in [2.45, 2.75) is 26.9 Å². The van der Waals surface area contributed by atoms with E-state index in [1.54, 1.807) is 23.1 Å². The molecule has 1 aromatic heterocycles. The van der Waals surface area contributed by atoms with Crippen molar-refractivity contribution < 1.29 is 9.13 Å². The van der Waals surface area contributed by atoms with Crippen LogP contribution in [0.1, 0.15) is 20.8 Å². The molecule has 0 saturated carbocycles. The molecule has 0 N–H and O–H groups in total. The lowest BCUT2D eigenvalue weighted by atomic mass is 10.3. The Morgan fingerprint density at radius 3 is 2.57 bits per heavy atom. The van der Waals surface area contributed by atoms with Gasteiger partial charge < -0.3 is 9.64 Å². The molecule has 0 aliphatic heterocycles. The van der Waals surface area contributed by atoms with E-state index in [9.17, 15) is 4.39 Å². The second-order valence-electron chi connectivity index (χ2n) is 4.55. The smallest absolute Gasteiger partial charge is 0.322 e. The number of benzene rings is 1. The van der Waals surface area contributed by atoms with Crippen LogP contribution in [-0.4, -0.2) is 27.6 Å². The number of hydrogen-bond donors (Lipinski definition) is 0. The largest absolute Gasteiger partial charge is 0.461 e. The Bertz CT molecular complexity index is 624. The van der Waals surface area contributed by atoms with E-state index in [4.69, 9.17) is 16.3 Å². The first-order valence-corrected chi connectivity index (χ1v) is 6.99. The summed E-state index contributed by atoms with van der Waals surface area (Å²) in [5, 5.41) is 0.00504. The highest BCUT2D eigenvalue weighted by atomic mass is 35.5. The van der Waals surface area contributed by atoms with Gasteiger partial charge in [0, 0.05) is 6.54 Å². The van der Waals surface area contributed by atoms with Crippen LogP contribution in [0, 0.1) is 5.82 Å². The van der Waals surface area contributed by atoms with Crippen molar-refractivity contribution in [2.24, 2.45) is 0 Å². The number of nitrogens with zero attached hydrogens (tertiary/aromatic N) is 4. The third-order valence-electron chi connectivity index (χ3n) is 2.62. The fraction of sp³-hybridized carbons (Fsp3) is 0.357. The quantitative estimate of drug-likeness (QED) is 0.844. The minimum Gasteiger partial charge on any atom is -0.461 e. The Balaban J connectivity index is 2.43. The van der Waals surface area contributed by atoms with Crippen LogP contribution < -0.4 is 9.64 Å². The molecule has 0 bridgehead atoms. The lowest BCUT2D eigenvalue weighted by Gasteiger charge is -2.21. The summed E-state index contributed by atoms with van der Waals surface area (Å²) in [4.78, 5) is 13.8. The summed E-state index contributed by atoms with van der Waals surface area (Å²) in [6, 6.07) is 6.52. The van der Waals surface area contributed by atoms with Crippen LogP contribution in [0.2, 0.25) is 5.28 Å². The lowest BCUT2D eigenvalue weighted by molar-refractivity contribution is 0.221. The zero-order chi connectivity index (χ0) is 15.4. The van der Waals surface area contributed by atoms with Gasteiger partial charge in [-0.1, -0.05) is 12.1 Å². The molecular weight excluding hydrogens is 295 g/mol. The summed E-state index contributed by atoms with van der Waals surface area (Å²) in [5.74, 6) is -0.111. The zero-order valence-corrected chi connectivity index (χ0v) is 12.8. The molecule has 0 aliphatic rings. The Morgan fingerprint density at radius 1 is 1.24 bits per heavy atom. The summed E-state index contributed by atoms with van der Waals surface area (Å²) in [6.45, 7) is 6.05. The zero-order valence-electron chi connectivity index (χ0n) is 12.0. The van der Waals surface area contributed by atoms with Crippen LogP contribution in [0.4, 0.5) is 16.0 Å². The van der Waals surface area contributed by atoms with E-state index in [-0.39, 0.29) is 29.2 Å². The summed E-state index contributed by atoms with van der Waals surface area (Å²) in [5.41, 5.74) is 0.373. The van der Waals surface area contributed by atoms with Gasteiger partial charge >= 0.3 is 6.01 Å². The first-order valence-electron chi connectivity index (χ1n) is 6.61. The third-order valence-corrected chi connectivity index (χ3v) is 2.79. The highest BCUT2D eigenvalue weighted by molar-refractivity contribution is 6.28. The fourth-order valence-electron chi connectivity index (χ4n) is 1.80. The molecule has 112 valence electrons. The van der Waals surface area contributed by atoms with Crippen LogP contribution in [0.3, 0.4) is 0 Å². The molecule has 2 aromatic rings. The maximum absolute atomic E-state index is 13.9. The Kier molecular flexibility index (Phi) is 4.90. The summed E-state index contributed by atoms with van der Waals surface area (Å²) < 4.78 is 19.4. The molecule has 0 fully saturated rings. The molecule has 7 heteroatoms. The van der Waals surface area contributed by atoms with Crippen molar-refractivity contribution >= 4 is 23.2 Å². The van der Waals surface area contributed by atoms with Crippen LogP contribution in [0.5, 0.6) is 6.01 Å². The number of para-hydroxylation sites is 1. The number of hydrogen-bond acceptors (Lipinski definition) is 5. The van der Waals surface area contributed by atoms with Gasteiger partial charge in [-0.2, -0.15) is 15.0 Å². The molecular formula is C14H16ClFN4O. The number of halogens is 2. The van der Waals surface area contributed by atoms with Crippen molar-refractivity contribution in [1.82, 2.24) is 15.0 Å². The van der Waals surface area contributed by atoms with Gasteiger partial charge in [-0.05, 0) is 44.5 Å².